The third-order valence-corrected chi connectivity index (χ3v) is 6.96. The third kappa shape index (κ3) is 5.32. The minimum Gasteiger partial charge on any atom is -0.331 e. The number of aryl methyl sites for hydroxylation is 2. The summed E-state index contributed by atoms with van der Waals surface area (Å²) in [5.41, 5.74) is 4.37. The zero-order valence-electron chi connectivity index (χ0n) is 16.5. The average molecular weight is 398 g/mol. The van der Waals surface area contributed by atoms with Crippen LogP contribution in [0.4, 0.5) is 0 Å². The van der Waals surface area contributed by atoms with Crippen molar-refractivity contribution in [2.75, 3.05) is 11.5 Å². The number of sulfone groups is 1. The summed E-state index contributed by atoms with van der Waals surface area (Å²) in [6, 6.07) is 15.8. The van der Waals surface area contributed by atoms with Gasteiger partial charge in [-0.15, -0.1) is 0 Å². The largest absolute Gasteiger partial charge is 0.331 e. The van der Waals surface area contributed by atoms with Gasteiger partial charge in [-0.05, 0) is 42.5 Å². The Balaban J connectivity index is 1.80. The molecular weight excluding hydrogens is 370 g/mol. The van der Waals surface area contributed by atoms with Crippen LogP contribution in [0.15, 0.2) is 54.6 Å². The molecule has 148 valence electrons. The van der Waals surface area contributed by atoms with Crippen LogP contribution in [0.2, 0.25) is 0 Å². The Morgan fingerprint density at radius 1 is 1.07 bits per heavy atom. The van der Waals surface area contributed by atoms with Crippen LogP contribution in [0.25, 0.3) is 6.08 Å². The van der Waals surface area contributed by atoms with E-state index in [1.807, 2.05) is 43.3 Å². The summed E-state index contributed by atoms with van der Waals surface area (Å²) < 4.78 is 23.9. The van der Waals surface area contributed by atoms with Crippen molar-refractivity contribution in [3.05, 3.63) is 76.9 Å². The van der Waals surface area contributed by atoms with Gasteiger partial charge < -0.3 is 4.90 Å². The van der Waals surface area contributed by atoms with E-state index < -0.39 is 9.84 Å². The molecule has 0 saturated carbocycles. The van der Waals surface area contributed by atoms with E-state index in [4.69, 9.17) is 0 Å². The fraction of sp³-hybridized carbons (Fsp3) is 0.348. The van der Waals surface area contributed by atoms with Gasteiger partial charge in [-0.2, -0.15) is 0 Å². The molecule has 0 bridgehead atoms. The first-order chi connectivity index (χ1) is 13.4. The zero-order chi connectivity index (χ0) is 20.1. The predicted octanol–water partition coefficient (Wildman–Crippen LogP) is 3.79. The molecule has 2 aromatic carbocycles. The van der Waals surface area contributed by atoms with E-state index in [0.717, 1.165) is 23.1 Å². The Bertz CT molecular complexity index is 944. The van der Waals surface area contributed by atoms with Crippen LogP contribution in [0.3, 0.4) is 0 Å². The minimum atomic E-state index is -3.07. The molecule has 5 heteroatoms. The summed E-state index contributed by atoms with van der Waals surface area (Å²) in [5, 5.41) is 0. The first kappa shape index (κ1) is 20.3. The molecule has 2 aromatic rings. The van der Waals surface area contributed by atoms with Crippen LogP contribution < -0.4 is 0 Å². The highest BCUT2D eigenvalue weighted by atomic mass is 32.2. The molecule has 1 aliphatic rings. The van der Waals surface area contributed by atoms with Gasteiger partial charge in [-0.25, -0.2) is 8.42 Å². The van der Waals surface area contributed by atoms with Crippen molar-refractivity contribution in [3.63, 3.8) is 0 Å². The lowest BCUT2D eigenvalue weighted by Crippen LogP contribution is -2.39. The first-order valence-corrected chi connectivity index (χ1v) is 11.5. The van der Waals surface area contributed by atoms with Crippen LogP contribution in [0, 0.1) is 6.92 Å². The summed E-state index contributed by atoms with van der Waals surface area (Å²) in [4.78, 5) is 14.7. The maximum Gasteiger partial charge on any atom is 0.247 e. The normalized spacial score (nSPS) is 18.4. The van der Waals surface area contributed by atoms with Crippen LogP contribution in [-0.2, 0) is 27.6 Å². The van der Waals surface area contributed by atoms with Gasteiger partial charge in [-0.1, -0.05) is 61.0 Å². The number of rotatable bonds is 6. The fourth-order valence-electron chi connectivity index (χ4n) is 3.43. The molecular formula is C23H27NO3S. The van der Waals surface area contributed by atoms with Gasteiger partial charge >= 0.3 is 0 Å². The molecule has 4 nitrogen and oxygen atoms in total. The number of carbonyl (C=O) groups excluding carboxylic acids is 1. The molecule has 0 radical (unpaired) electrons. The number of hydrogen-bond donors (Lipinski definition) is 0. The molecule has 1 unspecified atom stereocenters. The quantitative estimate of drug-likeness (QED) is 0.697. The lowest BCUT2D eigenvalue weighted by molar-refractivity contribution is -0.128. The van der Waals surface area contributed by atoms with E-state index >= 15 is 0 Å². The van der Waals surface area contributed by atoms with Crippen molar-refractivity contribution in [1.82, 2.24) is 4.90 Å². The van der Waals surface area contributed by atoms with Crippen LogP contribution >= 0.6 is 0 Å². The average Bonchev–Trinajstić information content (AvgIpc) is 3.05. The van der Waals surface area contributed by atoms with Gasteiger partial charge in [0.2, 0.25) is 5.91 Å². The second kappa shape index (κ2) is 8.74. The molecule has 1 amide bonds. The van der Waals surface area contributed by atoms with Crippen LogP contribution in [0.1, 0.15) is 35.6 Å². The van der Waals surface area contributed by atoms with E-state index in [1.54, 1.807) is 17.1 Å². The minimum absolute atomic E-state index is 0.0458. The van der Waals surface area contributed by atoms with Crippen molar-refractivity contribution in [2.24, 2.45) is 0 Å². The molecule has 0 aromatic heterocycles. The highest BCUT2D eigenvalue weighted by Gasteiger charge is 2.34. The van der Waals surface area contributed by atoms with Crippen LogP contribution in [0.5, 0.6) is 0 Å². The smallest absolute Gasteiger partial charge is 0.247 e. The third-order valence-electron chi connectivity index (χ3n) is 5.21. The van der Waals surface area contributed by atoms with Gasteiger partial charge in [0, 0.05) is 18.7 Å². The predicted molar refractivity (Wildman–Crippen MR) is 114 cm³/mol. The summed E-state index contributed by atoms with van der Waals surface area (Å²) >= 11 is 0. The number of carbonyl (C=O) groups is 1. The summed E-state index contributed by atoms with van der Waals surface area (Å²) in [7, 11) is -3.07. The van der Waals surface area contributed by atoms with Crippen LogP contribution in [-0.4, -0.2) is 36.8 Å². The Morgan fingerprint density at radius 2 is 1.71 bits per heavy atom. The van der Waals surface area contributed by atoms with Gasteiger partial charge in [0.15, 0.2) is 9.84 Å². The highest BCUT2D eigenvalue weighted by Crippen LogP contribution is 2.21. The fourth-order valence-corrected chi connectivity index (χ4v) is 5.16. The van der Waals surface area contributed by atoms with Crippen molar-refractivity contribution in [3.8, 4) is 0 Å². The second-order valence-electron chi connectivity index (χ2n) is 7.44. The van der Waals surface area contributed by atoms with Crippen molar-refractivity contribution in [2.45, 2.75) is 39.3 Å². The van der Waals surface area contributed by atoms with Gasteiger partial charge in [0.05, 0.1) is 11.5 Å². The molecule has 0 aliphatic carbocycles. The molecule has 28 heavy (non-hydrogen) atoms. The number of amides is 1. The van der Waals surface area contributed by atoms with E-state index in [0.29, 0.717) is 13.0 Å². The second-order valence-corrected chi connectivity index (χ2v) is 9.67. The molecule has 1 fully saturated rings. The number of hydrogen-bond acceptors (Lipinski definition) is 3. The lowest BCUT2D eigenvalue weighted by atomic mass is 10.1. The number of benzene rings is 2. The number of nitrogens with zero attached hydrogens (tertiary/aromatic N) is 1. The molecule has 0 spiro atoms. The summed E-state index contributed by atoms with van der Waals surface area (Å²) in [5.74, 6) is 0.0458. The van der Waals surface area contributed by atoms with Gasteiger partial charge in [-0.3, -0.25) is 4.79 Å². The van der Waals surface area contributed by atoms with Crippen molar-refractivity contribution in [1.29, 1.82) is 0 Å². The molecule has 1 heterocycles. The first-order valence-electron chi connectivity index (χ1n) is 9.70. The van der Waals surface area contributed by atoms with Crippen molar-refractivity contribution >= 4 is 21.8 Å². The topological polar surface area (TPSA) is 54.5 Å². The molecule has 0 N–H and O–H groups in total. The molecule has 3 rings (SSSR count). The molecule has 1 aliphatic heterocycles. The molecule has 1 atom stereocenters. The van der Waals surface area contributed by atoms with E-state index in [2.05, 4.69) is 19.1 Å². The Labute approximate surface area is 167 Å². The monoisotopic (exact) mass is 397 g/mol. The van der Waals surface area contributed by atoms with Gasteiger partial charge in [0.25, 0.3) is 0 Å². The standard InChI is InChI=1S/C23H27NO3S/c1-3-19-8-10-21(11-9-19)16-24(22-14-15-28(26,27)17-22)23(25)13-12-20-6-4-18(2)5-7-20/h4-13,22H,3,14-17H2,1-2H3/b13-12+. The van der Waals surface area contributed by atoms with Gasteiger partial charge in [0.1, 0.15) is 0 Å². The van der Waals surface area contributed by atoms with E-state index in [9.17, 15) is 13.2 Å². The van der Waals surface area contributed by atoms with E-state index in [-0.39, 0.29) is 23.5 Å². The lowest BCUT2D eigenvalue weighted by Gasteiger charge is -2.27. The maximum atomic E-state index is 13.0. The zero-order valence-corrected chi connectivity index (χ0v) is 17.3. The Hall–Kier alpha value is -2.40. The summed E-state index contributed by atoms with van der Waals surface area (Å²) in [6.07, 6.45) is 4.80. The van der Waals surface area contributed by atoms with Crippen molar-refractivity contribution < 1.29 is 13.2 Å². The van der Waals surface area contributed by atoms with E-state index in [1.165, 1.54) is 5.56 Å². The highest BCUT2D eigenvalue weighted by molar-refractivity contribution is 7.91. The Morgan fingerprint density at radius 3 is 2.29 bits per heavy atom. The summed E-state index contributed by atoms with van der Waals surface area (Å²) in [6.45, 7) is 4.54. The maximum absolute atomic E-state index is 13.0. The molecule has 1 saturated heterocycles. The Kier molecular flexibility index (Phi) is 6.35. The SMILES string of the molecule is CCc1ccc(CN(C(=O)/C=C/c2ccc(C)cc2)C2CCS(=O)(=O)C2)cc1.